The van der Waals surface area contributed by atoms with Crippen LogP contribution in [0.4, 0.5) is 0 Å². The Hall–Kier alpha value is -2.11. The lowest BCUT2D eigenvalue weighted by molar-refractivity contribution is -0.158. The molecule has 0 aromatic carbocycles. The van der Waals surface area contributed by atoms with E-state index in [-0.39, 0.29) is 52.3 Å². The molecule has 1 fully saturated rings. The van der Waals surface area contributed by atoms with Gasteiger partial charge in [0.05, 0.1) is 6.10 Å². The number of nitrogens with one attached hydrogen (secondary N) is 1. The molecular weight excluding hydrogens is 727 g/mol. The maximum atomic E-state index is 13.0. The number of aromatic amines is 1. The minimum Gasteiger partial charge on any atom is -0.477 e. The molecule has 56 heavy (non-hydrogen) atoms. The van der Waals surface area contributed by atoms with E-state index in [1.54, 1.807) is 12.3 Å². The van der Waals surface area contributed by atoms with Crippen LogP contribution in [0.3, 0.4) is 0 Å². The maximum absolute atomic E-state index is 13.0. The van der Waals surface area contributed by atoms with Crippen LogP contribution in [0.1, 0.15) is 168 Å². The lowest BCUT2D eigenvalue weighted by atomic mass is 9.63. The molecule has 0 amide bonds. The Morgan fingerprint density at radius 3 is 1.91 bits per heavy atom. The summed E-state index contributed by atoms with van der Waals surface area (Å²) in [5.41, 5.74) is 0.783. The van der Waals surface area contributed by atoms with E-state index < -0.39 is 28.0 Å². The van der Waals surface area contributed by atoms with Crippen molar-refractivity contribution in [1.82, 2.24) is 4.98 Å². The van der Waals surface area contributed by atoms with Crippen LogP contribution in [-0.4, -0.2) is 87.1 Å². The first kappa shape index (κ1) is 63.1. The minimum atomic E-state index is -1.37. The van der Waals surface area contributed by atoms with Crippen molar-refractivity contribution in [3.8, 4) is 0 Å². The number of carboxylic acids is 1. The molecule has 1 aromatic rings. The average Bonchev–Trinajstić information content (AvgIpc) is 3.73. The molecule has 0 saturated carbocycles. The Kier molecular flexibility index (Phi) is 39.3. The van der Waals surface area contributed by atoms with Gasteiger partial charge in [-0.25, -0.2) is 4.79 Å². The number of cyclic esters (lactones) is 1. The number of H-pyrrole nitrogens is 1. The molecule has 2 aliphatic heterocycles. The van der Waals surface area contributed by atoms with Crippen LogP contribution in [-0.2, 0) is 18.5 Å². The van der Waals surface area contributed by atoms with Gasteiger partial charge >= 0.3 is 11.9 Å². The number of aromatic nitrogens is 1. The molecule has 9 nitrogen and oxygen atoms in total. The van der Waals surface area contributed by atoms with E-state index in [0.717, 1.165) is 25.5 Å². The van der Waals surface area contributed by atoms with Gasteiger partial charge in [-0.15, -0.1) is 10.3 Å². The van der Waals surface area contributed by atoms with Crippen LogP contribution in [0.15, 0.2) is 42.1 Å². The van der Waals surface area contributed by atoms with Crippen molar-refractivity contribution in [2.24, 2.45) is 23.7 Å². The Labute approximate surface area is 348 Å². The molecule has 4 N–H and O–H groups in total. The number of esters is 1. The fraction of sp³-hybridized carbons (Fsp3) is 0.783. The second-order valence-corrected chi connectivity index (χ2v) is 17.4. The third-order valence-electron chi connectivity index (χ3n) is 9.50. The Morgan fingerprint density at radius 1 is 0.964 bits per heavy atom. The second-order valence-electron chi connectivity index (χ2n) is 13.5. The van der Waals surface area contributed by atoms with Gasteiger partial charge in [0.25, 0.3) is 0 Å². The van der Waals surface area contributed by atoms with Gasteiger partial charge in [0.15, 0.2) is 0 Å². The number of hydrogen-bond donors (Lipinski definition) is 4. The largest absolute Gasteiger partial charge is 0.477 e. The van der Waals surface area contributed by atoms with E-state index >= 15 is 0 Å². The number of allylic oxidation sites excluding steroid dienone is 1. The van der Waals surface area contributed by atoms with Crippen molar-refractivity contribution < 1.29 is 38.6 Å². The first-order valence-corrected chi connectivity index (χ1v) is 24.0. The highest BCUT2D eigenvalue weighted by Crippen LogP contribution is 2.55. The molecule has 3 heterocycles. The van der Waals surface area contributed by atoms with E-state index in [1.165, 1.54) is 6.07 Å². The molecule has 4 rings (SSSR count). The molecule has 0 radical (unpaired) electrons. The third kappa shape index (κ3) is 19.6. The molecule has 1 aromatic heterocycles. The molecule has 1 aliphatic carbocycles. The number of hydrogen-bond acceptors (Lipinski definition) is 7. The summed E-state index contributed by atoms with van der Waals surface area (Å²) in [5, 5.41) is 26.5. The molecular formula is C46H93NO8S. The average molecular weight is 820 g/mol. The third-order valence-corrected chi connectivity index (χ3v) is 13.2. The van der Waals surface area contributed by atoms with Crippen LogP contribution < -0.4 is 0 Å². The number of carbonyl (C=O) groups excluding carboxylic acids is 1. The predicted molar refractivity (Wildman–Crippen MR) is 245 cm³/mol. The van der Waals surface area contributed by atoms with Crippen LogP contribution >= 0.6 is 10.3 Å². The highest BCUT2D eigenvalue weighted by atomic mass is 32.3. The summed E-state index contributed by atoms with van der Waals surface area (Å²) in [6.45, 7) is 39.6. The Bertz CT molecular complexity index is 1130. The number of aliphatic hydroxyl groups excluding tert-OH is 2. The quantitative estimate of drug-likeness (QED) is 0.174. The van der Waals surface area contributed by atoms with Gasteiger partial charge in [0.2, 0.25) is 0 Å². The van der Waals surface area contributed by atoms with E-state index in [2.05, 4.69) is 77.3 Å². The summed E-state index contributed by atoms with van der Waals surface area (Å²) in [6.07, 6.45) is 14.1. The van der Waals surface area contributed by atoms with Gasteiger partial charge < -0.3 is 34.0 Å². The van der Waals surface area contributed by atoms with Crippen molar-refractivity contribution in [2.75, 3.05) is 26.2 Å². The number of aliphatic hydroxyl groups is 2. The summed E-state index contributed by atoms with van der Waals surface area (Å²) in [5.74, 6) is -0.944. The fourth-order valence-electron chi connectivity index (χ4n) is 6.36. The van der Waals surface area contributed by atoms with Crippen LogP contribution in [0.5, 0.6) is 0 Å². The van der Waals surface area contributed by atoms with Crippen molar-refractivity contribution >= 4 is 22.2 Å². The zero-order valence-electron chi connectivity index (χ0n) is 40.3. The molecule has 10 heteroatoms. The number of carbonyl (C=O) groups is 2. The van der Waals surface area contributed by atoms with Crippen LogP contribution in [0.2, 0.25) is 0 Å². The molecule has 3 aliphatic rings. The van der Waals surface area contributed by atoms with Gasteiger partial charge in [-0.2, -0.15) is 0 Å². The monoisotopic (exact) mass is 820 g/mol. The summed E-state index contributed by atoms with van der Waals surface area (Å²) in [7, 11) is -0.375. The van der Waals surface area contributed by atoms with Crippen molar-refractivity contribution in [3.63, 3.8) is 0 Å². The zero-order valence-corrected chi connectivity index (χ0v) is 41.1. The van der Waals surface area contributed by atoms with E-state index in [4.69, 9.17) is 23.9 Å². The van der Waals surface area contributed by atoms with E-state index in [1.807, 2.05) is 90.0 Å². The molecule has 8 atom stereocenters. The second kappa shape index (κ2) is 34.9. The van der Waals surface area contributed by atoms with E-state index in [0.29, 0.717) is 19.4 Å². The standard InChI is InChI=1S/C28H48O5S.C5H5NO2.6C2H6.CH4O/c1-18-15-16-31-28-20(3)17-19(2)26(21(4)33-34(8,9)27(5,6)7)32-24(29)14-13-22(28)11-10-12-23(28)25(18)30;7-5(8)4-2-1-3-6-4;7*1-2/h10-11,17-19,21-23,25-26,30H,12-16H2,1-9H3;1-3,6H,(H,7,8);6*1-2H3;2H,1H3/b20-17+;;;;;;;;/t18-,19+,21+,22?,23?,25+,26?,28?;;;;;;;;/m0......../s1. The minimum absolute atomic E-state index is 0.0183. The maximum Gasteiger partial charge on any atom is 0.352 e. The number of rotatable bonds is 4. The highest BCUT2D eigenvalue weighted by molar-refractivity contribution is 8.29. The Morgan fingerprint density at radius 2 is 1.48 bits per heavy atom. The molecule has 336 valence electrons. The summed E-state index contributed by atoms with van der Waals surface area (Å²) in [6, 6.07) is 3.14. The smallest absolute Gasteiger partial charge is 0.352 e. The normalized spacial score (nSPS) is 26.7. The van der Waals surface area contributed by atoms with Gasteiger partial charge in [-0.1, -0.05) is 136 Å². The molecule has 0 bridgehead atoms. The van der Waals surface area contributed by atoms with Crippen molar-refractivity contribution in [3.05, 3.63) is 47.8 Å². The zero-order chi connectivity index (χ0) is 45.5. The number of ether oxygens (including phenoxy) is 2. The van der Waals surface area contributed by atoms with Gasteiger partial charge in [0, 0.05) is 48.8 Å². The number of aromatic carboxylic acids is 1. The lowest BCUT2D eigenvalue weighted by Gasteiger charge is -2.50. The fourth-order valence-corrected chi connectivity index (χ4v) is 7.51. The molecule has 1 saturated heterocycles. The first-order valence-electron chi connectivity index (χ1n) is 21.6. The van der Waals surface area contributed by atoms with Crippen molar-refractivity contribution in [1.29, 1.82) is 0 Å². The van der Waals surface area contributed by atoms with Crippen LogP contribution in [0, 0.1) is 23.7 Å². The summed E-state index contributed by atoms with van der Waals surface area (Å²) in [4.78, 5) is 25.6. The van der Waals surface area contributed by atoms with Crippen LogP contribution in [0.25, 0.3) is 0 Å². The highest BCUT2D eigenvalue weighted by Gasteiger charge is 2.53. The van der Waals surface area contributed by atoms with Gasteiger partial charge in [0.1, 0.15) is 23.5 Å². The first-order chi connectivity index (χ1) is 26.5. The number of carboxylic acid groups (broad SMARTS) is 1. The summed E-state index contributed by atoms with van der Waals surface area (Å²) >= 11 is 0. The predicted octanol–water partition coefficient (Wildman–Crippen LogP) is 12.3. The Balaban J connectivity index is -0.000000329. The van der Waals surface area contributed by atoms with Crippen molar-refractivity contribution in [2.45, 2.75) is 186 Å². The summed E-state index contributed by atoms with van der Waals surface area (Å²) < 4.78 is 19.4. The lowest BCUT2D eigenvalue weighted by Crippen LogP contribution is -2.54. The molecule has 4 unspecified atom stereocenters. The SMILES string of the molecule is C/C1=C\[C@@H](C)C([C@@H](C)OS(C)(C)C(C)(C)C)OC(=O)CCC2C=CCC3[C@H](O)[C@@H](C)CCOC123.CC.CC.CC.CC.CC.CC.CO.O=C(O)c1ccc[nH]1. The van der Waals surface area contributed by atoms with E-state index in [9.17, 15) is 14.7 Å². The molecule has 1 spiro atoms. The van der Waals surface area contributed by atoms with Gasteiger partial charge in [-0.3, -0.25) is 4.79 Å². The topological polar surface area (TPSA) is 138 Å². The van der Waals surface area contributed by atoms with Gasteiger partial charge in [-0.05, 0) is 69.2 Å².